The van der Waals surface area contributed by atoms with Crippen molar-refractivity contribution >= 4 is 11.5 Å². The molecule has 1 saturated carbocycles. The first-order valence-corrected chi connectivity index (χ1v) is 8.41. The molecule has 0 N–H and O–H groups in total. The van der Waals surface area contributed by atoms with E-state index in [1.807, 2.05) is 6.20 Å². The third-order valence-electron chi connectivity index (χ3n) is 4.43. The van der Waals surface area contributed by atoms with Crippen LogP contribution in [-0.2, 0) is 0 Å². The highest BCUT2D eigenvalue weighted by Crippen LogP contribution is 2.37. The van der Waals surface area contributed by atoms with Crippen LogP contribution in [-0.4, -0.2) is 11.0 Å². The second-order valence-corrected chi connectivity index (χ2v) is 6.95. The molecule has 116 valence electrons. The van der Waals surface area contributed by atoms with E-state index < -0.39 is 0 Å². The van der Waals surface area contributed by atoms with Gasteiger partial charge in [-0.2, -0.15) is 0 Å². The van der Waals surface area contributed by atoms with Crippen LogP contribution in [0.3, 0.4) is 0 Å². The van der Waals surface area contributed by atoms with Crippen LogP contribution >= 0.6 is 0 Å². The largest absolute Gasteiger partial charge is 0.323 e. The first-order valence-electron chi connectivity index (χ1n) is 8.41. The maximum absolute atomic E-state index is 4.72. The molecule has 2 aromatic rings. The van der Waals surface area contributed by atoms with Gasteiger partial charge < -0.3 is 4.90 Å². The van der Waals surface area contributed by atoms with Crippen LogP contribution in [0.5, 0.6) is 0 Å². The molecule has 0 bridgehead atoms. The Morgan fingerprint density at radius 2 is 1.45 bits per heavy atom. The number of hydrogen-bond acceptors (Lipinski definition) is 2. The van der Waals surface area contributed by atoms with Crippen molar-refractivity contribution in [3.8, 4) is 0 Å². The van der Waals surface area contributed by atoms with Gasteiger partial charge in [0.05, 0.1) is 0 Å². The highest BCUT2D eigenvalue weighted by molar-refractivity contribution is 5.62. The Kier molecular flexibility index (Phi) is 4.19. The molecule has 0 unspecified atom stereocenters. The first-order chi connectivity index (χ1) is 10.6. The Hall–Kier alpha value is -1.83. The molecule has 22 heavy (non-hydrogen) atoms. The Labute approximate surface area is 134 Å². The third kappa shape index (κ3) is 3.16. The number of rotatable bonds is 5. The fourth-order valence-corrected chi connectivity index (χ4v) is 2.76. The Morgan fingerprint density at radius 1 is 0.864 bits per heavy atom. The Morgan fingerprint density at radius 3 is 1.91 bits per heavy atom. The normalized spacial score (nSPS) is 14.6. The number of aromatic nitrogens is 1. The fraction of sp³-hybridized carbons (Fsp3) is 0.450. The van der Waals surface area contributed by atoms with Crippen LogP contribution in [0.25, 0.3) is 0 Å². The van der Waals surface area contributed by atoms with Crippen molar-refractivity contribution in [2.45, 2.75) is 58.4 Å². The van der Waals surface area contributed by atoms with Gasteiger partial charge in [-0.05, 0) is 54.0 Å². The van der Waals surface area contributed by atoms with E-state index in [9.17, 15) is 0 Å². The zero-order valence-electron chi connectivity index (χ0n) is 14.1. The quantitative estimate of drug-likeness (QED) is 0.710. The van der Waals surface area contributed by atoms with E-state index in [0.717, 1.165) is 5.82 Å². The molecular weight excluding hydrogens is 268 g/mol. The summed E-state index contributed by atoms with van der Waals surface area (Å²) in [5, 5.41) is 0. The summed E-state index contributed by atoms with van der Waals surface area (Å²) in [6.07, 6.45) is 4.55. The summed E-state index contributed by atoms with van der Waals surface area (Å²) >= 11 is 0. The lowest BCUT2D eigenvalue weighted by Crippen LogP contribution is -2.20. The van der Waals surface area contributed by atoms with Gasteiger partial charge in [-0.3, -0.25) is 0 Å². The van der Waals surface area contributed by atoms with Crippen molar-refractivity contribution in [2.75, 3.05) is 4.90 Å². The molecule has 1 aliphatic rings. The molecule has 1 aromatic heterocycles. The summed E-state index contributed by atoms with van der Waals surface area (Å²) in [5.41, 5.74) is 3.95. The Bertz CT molecular complexity index is 556. The number of nitrogens with zero attached hydrogens (tertiary/aromatic N) is 2. The maximum Gasteiger partial charge on any atom is 0.133 e. The lowest BCUT2D eigenvalue weighted by molar-refractivity contribution is 0.851. The van der Waals surface area contributed by atoms with Gasteiger partial charge in [0.2, 0.25) is 0 Å². The summed E-state index contributed by atoms with van der Waals surface area (Å²) in [5.74, 6) is 2.18. The molecule has 0 atom stereocenters. The van der Waals surface area contributed by atoms with Crippen molar-refractivity contribution in [1.82, 2.24) is 4.98 Å². The molecule has 3 rings (SSSR count). The van der Waals surface area contributed by atoms with E-state index in [1.165, 1.54) is 29.7 Å². The molecule has 0 aliphatic heterocycles. The minimum absolute atomic E-state index is 0.529. The van der Waals surface area contributed by atoms with Gasteiger partial charge in [0.15, 0.2) is 0 Å². The van der Waals surface area contributed by atoms with Crippen molar-refractivity contribution in [3.05, 3.63) is 53.7 Å². The van der Waals surface area contributed by atoms with Crippen LogP contribution in [0, 0.1) is 0 Å². The molecule has 0 saturated heterocycles. The molecule has 1 aliphatic carbocycles. The third-order valence-corrected chi connectivity index (χ3v) is 4.43. The van der Waals surface area contributed by atoms with Gasteiger partial charge in [-0.15, -0.1) is 0 Å². The van der Waals surface area contributed by atoms with E-state index in [2.05, 4.69) is 69.0 Å². The van der Waals surface area contributed by atoms with Crippen LogP contribution in [0.4, 0.5) is 11.5 Å². The van der Waals surface area contributed by atoms with Crippen molar-refractivity contribution in [3.63, 3.8) is 0 Å². The molecule has 0 radical (unpaired) electrons. The first kappa shape index (κ1) is 15.1. The number of benzene rings is 1. The average molecular weight is 294 g/mol. The minimum Gasteiger partial charge on any atom is -0.323 e. The summed E-state index contributed by atoms with van der Waals surface area (Å²) < 4.78 is 0. The molecule has 1 aromatic carbocycles. The second-order valence-electron chi connectivity index (χ2n) is 6.95. The van der Waals surface area contributed by atoms with Crippen molar-refractivity contribution in [1.29, 1.82) is 0 Å². The molecule has 0 spiro atoms. The van der Waals surface area contributed by atoms with Gasteiger partial charge >= 0.3 is 0 Å². The van der Waals surface area contributed by atoms with E-state index in [1.54, 1.807) is 0 Å². The zero-order chi connectivity index (χ0) is 15.7. The van der Waals surface area contributed by atoms with Crippen LogP contribution in [0.15, 0.2) is 42.6 Å². The number of pyridine rings is 1. The van der Waals surface area contributed by atoms with Crippen molar-refractivity contribution in [2.24, 2.45) is 0 Å². The molecule has 0 amide bonds. The van der Waals surface area contributed by atoms with Crippen LogP contribution in [0.2, 0.25) is 0 Å². The SMILES string of the molecule is CC(C)c1ccc(N(c2ccc(C(C)C)cn2)C2CC2)cc1. The Balaban J connectivity index is 1.89. The summed E-state index contributed by atoms with van der Waals surface area (Å²) in [6, 6.07) is 14.0. The van der Waals surface area contributed by atoms with Gasteiger partial charge in [0, 0.05) is 17.9 Å². The molecule has 1 fully saturated rings. The highest BCUT2D eigenvalue weighted by Gasteiger charge is 2.31. The highest BCUT2D eigenvalue weighted by atomic mass is 15.2. The lowest BCUT2D eigenvalue weighted by atomic mass is 10.0. The molecule has 2 heteroatoms. The van der Waals surface area contributed by atoms with E-state index in [-0.39, 0.29) is 0 Å². The predicted molar refractivity (Wildman–Crippen MR) is 94.0 cm³/mol. The van der Waals surface area contributed by atoms with Gasteiger partial charge in [-0.25, -0.2) is 4.98 Å². The van der Waals surface area contributed by atoms with E-state index >= 15 is 0 Å². The summed E-state index contributed by atoms with van der Waals surface area (Å²) in [6.45, 7) is 8.89. The van der Waals surface area contributed by atoms with Gasteiger partial charge in [-0.1, -0.05) is 45.9 Å². The summed E-state index contributed by atoms with van der Waals surface area (Å²) in [7, 11) is 0. The molecular formula is C20H26N2. The monoisotopic (exact) mass is 294 g/mol. The van der Waals surface area contributed by atoms with Crippen molar-refractivity contribution < 1.29 is 0 Å². The lowest BCUT2D eigenvalue weighted by Gasteiger charge is -2.24. The van der Waals surface area contributed by atoms with Gasteiger partial charge in [0.1, 0.15) is 5.82 Å². The fourth-order valence-electron chi connectivity index (χ4n) is 2.76. The van der Waals surface area contributed by atoms with E-state index in [4.69, 9.17) is 4.98 Å². The topological polar surface area (TPSA) is 16.1 Å². The van der Waals surface area contributed by atoms with Gasteiger partial charge in [0.25, 0.3) is 0 Å². The molecule has 2 nitrogen and oxygen atoms in total. The number of anilines is 2. The maximum atomic E-state index is 4.72. The predicted octanol–water partition coefficient (Wildman–Crippen LogP) is 5.63. The smallest absolute Gasteiger partial charge is 0.133 e. The minimum atomic E-state index is 0.529. The zero-order valence-corrected chi connectivity index (χ0v) is 14.1. The van der Waals surface area contributed by atoms with Crippen LogP contribution < -0.4 is 4.90 Å². The summed E-state index contributed by atoms with van der Waals surface area (Å²) in [4.78, 5) is 7.12. The second kappa shape index (κ2) is 6.12. The van der Waals surface area contributed by atoms with E-state index in [0.29, 0.717) is 17.9 Å². The van der Waals surface area contributed by atoms with Crippen LogP contribution in [0.1, 0.15) is 63.5 Å². The standard InChI is InChI=1S/C20H26N2/c1-14(2)16-5-8-18(9-6-16)22(19-10-11-19)20-12-7-17(13-21-20)15(3)4/h5-9,12-15,19H,10-11H2,1-4H3. The molecule has 1 heterocycles. The average Bonchev–Trinajstić information content (AvgIpc) is 3.33. The number of hydrogen-bond donors (Lipinski definition) is 0.